The lowest BCUT2D eigenvalue weighted by molar-refractivity contribution is 0.631. The molecule has 0 spiro atoms. The molecule has 1 saturated heterocycles. The van der Waals surface area contributed by atoms with Crippen molar-refractivity contribution in [2.24, 2.45) is 0 Å². The second kappa shape index (κ2) is 4.57. The van der Waals surface area contributed by atoms with Crippen molar-refractivity contribution >= 4 is 17.5 Å². The van der Waals surface area contributed by atoms with Crippen molar-refractivity contribution in [1.82, 2.24) is 15.3 Å². The predicted octanol–water partition coefficient (Wildman–Crippen LogP) is 1.29. The Kier molecular flexibility index (Phi) is 3.16. The fourth-order valence-electron chi connectivity index (χ4n) is 1.55. The van der Waals surface area contributed by atoms with E-state index >= 15 is 0 Å². The standard InChI is InChI=1S/C9H13ClN4/c10-7-4-12-9(13-5-7)14-6-8-2-1-3-11-8/h4-5,8,11H,1-3,6H2,(H,12,13,14)/t8-/m0/s1. The van der Waals surface area contributed by atoms with Gasteiger partial charge in [-0.2, -0.15) is 0 Å². The summed E-state index contributed by atoms with van der Waals surface area (Å²) < 4.78 is 0. The zero-order chi connectivity index (χ0) is 9.80. The zero-order valence-corrected chi connectivity index (χ0v) is 8.59. The lowest BCUT2D eigenvalue weighted by Gasteiger charge is -2.10. The van der Waals surface area contributed by atoms with Gasteiger partial charge in [-0.3, -0.25) is 0 Å². The van der Waals surface area contributed by atoms with Crippen LogP contribution >= 0.6 is 11.6 Å². The van der Waals surface area contributed by atoms with Crippen LogP contribution in [0.3, 0.4) is 0 Å². The number of nitrogens with zero attached hydrogens (tertiary/aromatic N) is 2. The van der Waals surface area contributed by atoms with Gasteiger partial charge < -0.3 is 10.6 Å². The third-order valence-corrected chi connectivity index (χ3v) is 2.48. The molecule has 1 aliphatic rings. The monoisotopic (exact) mass is 212 g/mol. The third kappa shape index (κ3) is 2.56. The highest BCUT2D eigenvalue weighted by Crippen LogP contribution is 2.08. The summed E-state index contributed by atoms with van der Waals surface area (Å²) in [4.78, 5) is 8.11. The van der Waals surface area contributed by atoms with Crippen molar-refractivity contribution in [1.29, 1.82) is 0 Å². The molecular formula is C9H13ClN4. The summed E-state index contributed by atoms with van der Waals surface area (Å²) in [5, 5.41) is 7.13. The third-order valence-electron chi connectivity index (χ3n) is 2.29. The van der Waals surface area contributed by atoms with Crippen molar-refractivity contribution in [2.75, 3.05) is 18.4 Å². The fraction of sp³-hybridized carbons (Fsp3) is 0.556. The van der Waals surface area contributed by atoms with Gasteiger partial charge >= 0.3 is 0 Å². The normalized spacial score (nSPS) is 21.1. The first-order valence-corrected chi connectivity index (χ1v) is 5.17. The van der Waals surface area contributed by atoms with Gasteiger partial charge in [0.1, 0.15) is 0 Å². The first kappa shape index (κ1) is 9.68. The molecule has 2 N–H and O–H groups in total. The van der Waals surface area contributed by atoms with E-state index in [4.69, 9.17) is 11.6 Å². The lowest BCUT2D eigenvalue weighted by atomic mass is 10.2. The summed E-state index contributed by atoms with van der Waals surface area (Å²) in [6.07, 6.45) is 5.67. The second-order valence-electron chi connectivity index (χ2n) is 3.40. The number of hydrogen-bond acceptors (Lipinski definition) is 4. The predicted molar refractivity (Wildman–Crippen MR) is 56.6 cm³/mol. The maximum atomic E-state index is 5.67. The highest BCUT2D eigenvalue weighted by molar-refractivity contribution is 6.30. The maximum absolute atomic E-state index is 5.67. The topological polar surface area (TPSA) is 49.8 Å². The molecule has 1 atom stereocenters. The first-order valence-electron chi connectivity index (χ1n) is 4.79. The average Bonchev–Trinajstić information content (AvgIpc) is 2.70. The van der Waals surface area contributed by atoms with E-state index in [-0.39, 0.29) is 0 Å². The van der Waals surface area contributed by atoms with Crippen LogP contribution in [0.4, 0.5) is 5.95 Å². The lowest BCUT2D eigenvalue weighted by Crippen LogP contribution is -2.29. The van der Waals surface area contributed by atoms with Crippen molar-refractivity contribution < 1.29 is 0 Å². The molecule has 2 heterocycles. The smallest absolute Gasteiger partial charge is 0.222 e. The van der Waals surface area contributed by atoms with Crippen LogP contribution in [0.25, 0.3) is 0 Å². The van der Waals surface area contributed by atoms with Gasteiger partial charge in [-0.1, -0.05) is 11.6 Å². The van der Waals surface area contributed by atoms with E-state index < -0.39 is 0 Å². The second-order valence-corrected chi connectivity index (χ2v) is 3.84. The molecular weight excluding hydrogens is 200 g/mol. The Morgan fingerprint density at radius 3 is 2.93 bits per heavy atom. The molecule has 76 valence electrons. The molecule has 1 aromatic rings. The molecule has 0 amide bonds. The van der Waals surface area contributed by atoms with Gasteiger partial charge in [0, 0.05) is 12.6 Å². The molecule has 14 heavy (non-hydrogen) atoms. The van der Waals surface area contributed by atoms with Crippen LogP contribution in [0.2, 0.25) is 5.02 Å². The molecule has 0 saturated carbocycles. The van der Waals surface area contributed by atoms with Gasteiger partial charge in [0.2, 0.25) is 5.95 Å². The number of aromatic nitrogens is 2. The van der Waals surface area contributed by atoms with E-state index in [0.29, 0.717) is 17.0 Å². The molecule has 5 heteroatoms. The van der Waals surface area contributed by atoms with Crippen molar-refractivity contribution in [2.45, 2.75) is 18.9 Å². The average molecular weight is 213 g/mol. The number of anilines is 1. The molecule has 1 aliphatic heterocycles. The van der Waals surface area contributed by atoms with Crippen LogP contribution in [0.15, 0.2) is 12.4 Å². The minimum absolute atomic E-state index is 0.550. The molecule has 1 fully saturated rings. The molecule has 0 bridgehead atoms. The molecule has 1 aromatic heterocycles. The van der Waals surface area contributed by atoms with Crippen LogP contribution < -0.4 is 10.6 Å². The summed E-state index contributed by atoms with van der Waals surface area (Å²) in [5.74, 6) is 0.642. The minimum Gasteiger partial charge on any atom is -0.353 e. The molecule has 0 aliphatic carbocycles. The number of nitrogens with one attached hydrogen (secondary N) is 2. The number of halogens is 1. The molecule has 0 radical (unpaired) electrons. The Labute approximate surface area is 88.1 Å². The molecule has 4 nitrogen and oxygen atoms in total. The summed E-state index contributed by atoms with van der Waals surface area (Å²) in [7, 11) is 0. The summed E-state index contributed by atoms with van der Waals surface area (Å²) in [6, 6.07) is 0.550. The van der Waals surface area contributed by atoms with E-state index in [1.165, 1.54) is 12.8 Å². The van der Waals surface area contributed by atoms with Gasteiger partial charge in [-0.25, -0.2) is 9.97 Å². The highest BCUT2D eigenvalue weighted by Gasteiger charge is 2.13. The highest BCUT2D eigenvalue weighted by atomic mass is 35.5. The van der Waals surface area contributed by atoms with Crippen LogP contribution in [-0.4, -0.2) is 29.1 Å². The van der Waals surface area contributed by atoms with E-state index in [1.807, 2.05) is 0 Å². The van der Waals surface area contributed by atoms with E-state index in [1.54, 1.807) is 12.4 Å². The minimum atomic E-state index is 0.550. The molecule has 0 aromatic carbocycles. The SMILES string of the molecule is Clc1cnc(NC[C@@H]2CCCN2)nc1. The number of hydrogen-bond donors (Lipinski definition) is 2. The maximum Gasteiger partial charge on any atom is 0.222 e. The van der Waals surface area contributed by atoms with Gasteiger partial charge in [0.25, 0.3) is 0 Å². The summed E-state index contributed by atoms with van der Waals surface area (Å²) in [5.41, 5.74) is 0. The largest absolute Gasteiger partial charge is 0.353 e. The molecule has 2 rings (SSSR count). The van der Waals surface area contributed by atoms with Crippen molar-refractivity contribution in [3.63, 3.8) is 0 Å². The fourth-order valence-corrected chi connectivity index (χ4v) is 1.65. The van der Waals surface area contributed by atoms with Crippen LogP contribution in [0.1, 0.15) is 12.8 Å². The Hall–Kier alpha value is -0.870. The Balaban J connectivity index is 1.82. The Bertz CT molecular complexity index is 281. The van der Waals surface area contributed by atoms with Crippen LogP contribution in [-0.2, 0) is 0 Å². The van der Waals surface area contributed by atoms with Gasteiger partial charge in [-0.15, -0.1) is 0 Å². The molecule has 0 unspecified atom stereocenters. The quantitative estimate of drug-likeness (QED) is 0.793. The van der Waals surface area contributed by atoms with E-state index in [0.717, 1.165) is 13.1 Å². The summed E-state index contributed by atoms with van der Waals surface area (Å²) in [6.45, 7) is 2.00. The Morgan fingerprint density at radius 2 is 2.29 bits per heavy atom. The zero-order valence-electron chi connectivity index (χ0n) is 7.83. The van der Waals surface area contributed by atoms with Crippen molar-refractivity contribution in [3.8, 4) is 0 Å². The van der Waals surface area contributed by atoms with Gasteiger partial charge in [0.15, 0.2) is 0 Å². The Morgan fingerprint density at radius 1 is 1.50 bits per heavy atom. The van der Waals surface area contributed by atoms with Crippen LogP contribution in [0.5, 0.6) is 0 Å². The van der Waals surface area contributed by atoms with Gasteiger partial charge in [0.05, 0.1) is 17.4 Å². The van der Waals surface area contributed by atoms with E-state index in [2.05, 4.69) is 20.6 Å². The number of rotatable bonds is 3. The van der Waals surface area contributed by atoms with Gasteiger partial charge in [-0.05, 0) is 19.4 Å². The van der Waals surface area contributed by atoms with E-state index in [9.17, 15) is 0 Å². The van der Waals surface area contributed by atoms with Crippen molar-refractivity contribution in [3.05, 3.63) is 17.4 Å². The summed E-state index contributed by atoms with van der Waals surface area (Å²) >= 11 is 5.67. The van der Waals surface area contributed by atoms with Crippen LogP contribution in [0, 0.1) is 0 Å². The first-order chi connectivity index (χ1) is 6.84.